The number of carbonyl (C=O) groups is 1. The lowest BCUT2D eigenvalue weighted by Crippen LogP contribution is -2.50. The molecule has 6 aromatic rings. The predicted molar refractivity (Wildman–Crippen MR) is 166 cm³/mol. The van der Waals surface area contributed by atoms with Gasteiger partial charge in [0, 0.05) is 36.3 Å². The van der Waals surface area contributed by atoms with Crippen LogP contribution in [-0.4, -0.2) is 44.8 Å². The van der Waals surface area contributed by atoms with Crippen LogP contribution in [-0.2, 0) is 20.1 Å². The predicted octanol–water partition coefficient (Wildman–Crippen LogP) is 3.44. The normalized spacial score (nSPS) is 11.9. The molecule has 0 aliphatic rings. The molecule has 0 aliphatic carbocycles. The molecule has 0 atom stereocenters. The molecule has 3 aromatic carbocycles. The van der Waals surface area contributed by atoms with E-state index in [0.29, 0.717) is 38.7 Å². The summed E-state index contributed by atoms with van der Waals surface area (Å²) >= 11 is 6.42. The largest absolute Gasteiger partial charge is 0.335 e. The van der Waals surface area contributed by atoms with E-state index in [1.807, 2.05) is 6.07 Å². The molecular formula is C31H20ClF3N10O3. The fourth-order valence-electron chi connectivity index (χ4n) is 4.76. The highest BCUT2D eigenvalue weighted by Crippen LogP contribution is 2.29. The van der Waals surface area contributed by atoms with Gasteiger partial charge in [-0.05, 0) is 42.0 Å². The number of hydrogen-bond donors (Lipinski definition) is 1. The molecule has 0 unspecified atom stereocenters. The molecular weight excluding hydrogens is 653 g/mol. The van der Waals surface area contributed by atoms with Crippen molar-refractivity contribution in [1.29, 1.82) is 5.26 Å². The molecule has 3 aromatic heterocycles. The first kappa shape index (κ1) is 31.6. The van der Waals surface area contributed by atoms with Gasteiger partial charge in [-0.2, -0.15) is 15.0 Å². The lowest BCUT2D eigenvalue weighted by molar-refractivity contribution is 0.0949. The SMILES string of the molecule is Cn1cc2cc(/N=c3\[nH]c(=O)n(Cc4cnnn4C(=O)/C=C/c4ccc(C#N)cc4)c(=O)n3Cc3cc(F)c(F)cc3F)c(Cl)cc2n1. The number of nitriles is 1. The second-order valence-corrected chi connectivity index (χ2v) is 10.8. The second kappa shape index (κ2) is 12.8. The van der Waals surface area contributed by atoms with Crippen molar-refractivity contribution in [3.63, 3.8) is 0 Å². The summed E-state index contributed by atoms with van der Waals surface area (Å²) in [5.74, 6) is -4.61. The molecule has 0 radical (unpaired) electrons. The van der Waals surface area contributed by atoms with Crippen molar-refractivity contribution in [3.05, 3.63) is 138 Å². The van der Waals surface area contributed by atoms with Crippen molar-refractivity contribution >= 4 is 40.2 Å². The van der Waals surface area contributed by atoms with E-state index < -0.39 is 53.4 Å². The fourth-order valence-corrected chi connectivity index (χ4v) is 4.96. The van der Waals surface area contributed by atoms with E-state index in [1.54, 1.807) is 48.3 Å². The molecule has 13 nitrogen and oxygen atoms in total. The van der Waals surface area contributed by atoms with Crippen LogP contribution in [0.2, 0.25) is 5.02 Å². The Hall–Kier alpha value is -6.34. The average Bonchev–Trinajstić information content (AvgIpc) is 3.67. The smallest absolute Gasteiger partial charge is 0.277 e. The topological polar surface area (TPSA) is 162 Å². The monoisotopic (exact) mass is 672 g/mol. The Morgan fingerprint density at radius 3 is 2.54 bits per heavy atom. The number of halogens is 4. The van der Waals surface area contributed by atoms with Crippen LogP contribution >= 0.6 is 11.6 Å². The van der Waals surface area contributed by atoms with Gasteiger partial charge in [0.05, 0.1) is 52.8 Å². The molecule has 240 valence electrons. The number of carbonyl (C=O) groups excluding carboxylic acids is 1. The zero-order chi connectivity index (χ0) is 34.1. The number of aryl methyl sites for hydroxylation is 1. The van der Waals surface area contributed by atoms with Crippen molar-refractivity contribution in [1.82, 2.24) is 38.9 Å². The van der Waals surface area contributed by atoms with E-state index in [1.165, 1.54) is 24.4 Å². The van der Waals surface area contributed by atoms with Gasteiger partial charge < -0.3 is 0 Å². The molecule has 0 bridgehead atoms. The zero-order valence-electron chi connectivity index (χ0n) is 24.6. The maximum Gasteiger partial charge on any atom is 0.335 e. The van der Waals surface area contributed by atoms with Gasteiger partial charge >= 0.3 is 11.4 Å². The molecule has 0 fully saturated rings. The number of aromatic amines is 1. The maximum absolute atomic E-state index is 14.8. The quantitative estimate of drug-likeness (QED) is 0.201. The third kappa shape index (κ3) is 6.34. The highest BCUT2D eigenvalue weighted by Gasteiger charge is 2.18. The molecule has 0 saturated heterocycles. The first-order valence-corrected chi connectivity index (χ1v) is 14.3. The Morgan fingerprint density at radius 1 is 1.04 bits per heavy atom. The number of fused-ring (bicyclic) bond motifs is 1. The molecule has 17 heteroatoms. The van der Waals surface area contributed by atoms with Crippen LogP contribution in [0.3, 0.4) is 0 Å². The Labute approximate surface area is 271 Å². The zero-order valence-corrected chi connectivity index (χ0v) is 25.4. The minimum atomic E-state index is -1.43. The Balaban J connectivity index is 1.43. The number of H-pyrrole nitrogens is 1. The maximum atomic E-state index is 14.8. The van der Waals surface area contributed by atoms with E-state index in [2.05, 4.69) is 25.4 Å². The van der Waals surface area contributed by atoms with Gasteiger partial charge in [-0.15, -0.1) is 5.10 Å². The van der Waals surface area contributed by atoms with Crippen molar-refractivity contribution < 1.29 is 18.0 Å². The van der Waals surface area contributed by atoms with Crippen LogP contribution in [0.5, 0.6) is 0 Å². The van der Waals surface area contributed by atoms with Crippen LogP contribution < -0.4 is 17.0 Å². The van der Waals surface area contributed by atoms with Crippen LogP contribution in [0.25, 0.3) is 17.0 Å². The molecule has 48 heavy (non-hydrogen) atoms. The lowest BCUT2D eigenvalue weighted by atomic mass is 10.1. The van der Waals surface area contributed by atoms with Gasteiger partial charge in [-0.3, -0.25) is 19.0 Å². The van der Waals surface area contributed by atoms with Gasteiger partial charge in [-0.1, -0.05) is 28.9 Å². The minimum Gasteiger partial charge on any atom is -0.277 e. The summed E-state index contributed by atoms with van der Waals surface area (Å²) in [6.45, 7) is -1.21. The van der Waals surface area contributed by atoms with Gasteiger partial charge in [0.1, 0.15) is 5.82 Å². The highest BCUT2D eigenvalue weighted by molar-refractivity contribution is 6.33. The standard InChI is InChI=1S/C31H20ClF3N10O3/c1-42-14-20-9-27(22(32)10-26(20)40-42)38-29-39-30(47)44(31(48)43(29)15-19-8-24(34)25(35)11-23(19)33)16-21-13-37-41-45(21)28(46)7-6-17-2-4-18(12-36)5-3-17/h2-11,13-14H,15-16H2,1H3,(H,38,39,47)/b7-6+. The summed E-state index contributed by atoms with van der Waals surface area (Å²) in [6, 6.07) is 12.4. The molecule has 0 spiro atoms. The summed E-state index contributed by atoms with van der Waals surface area (Å²) in [4.78, 5) is 47.0. The molecule has 6 rings (SSSR count). The number of hydrogen-bond acceptors (Lipinski definition) is 8. The molecule has 0 amide bonds. The summed E-state index contributed by atoms with van der Waals surface area (Å²) in [6.07, 6.45) is 5.51. The minimum absolute atomic E-state index is 0.0254. The average molecular weight is 673 g/mol. The molecule has 0 saturated carbocycles. The molecule has 0 aliphatic heterocycles. The summed E-state index contributed by atoms with van der Waals surface area (Å²) in [5.41, 5.74) is -1.09. The first-order chi connectivity index (χ1) is 23.0. The van der Waals surface area contributed by atoms with Crippen molar-refractivity contribution in [2.75, 3.05) is 0 Å². The van der Waals surface area contributed by atoms with E-state index in [9.17, 15) is 27.6 Å². The second-order valence-electron chi connectivity index (χ2n) is 10.4. The van der Waals surface area contributed by atoms with Crippen LogP contribution in [0.15, 0.2) is 81.6 Å². The third-order valence-corrected chi connectivity index (χ3v) is 7.42. The van der Waals surface area contributed by atoms with Crippen LogP contribution in [0.1, 0.15) is 27.2 Å². The van der Waals surface area contributed by atoms with Crippen molar-refractivity contribution in [3.8, 4) is 6.07 Å². The first-order valence-electron chi connectivity index (χ1n) is 13.9. The Morgan fingerprint density at radius 2 is 1.79 bits per heavy atom. The fraction of sp³-hybridized carbons (Fsp3) is 0.0968. The van der Waals surface area contributed by atoms with E-state index in [4.69, 9.17) is 16.9 Å². The number of benzene rings is 3. The third-order valence-electron chi connectivity index (χ3n) is 7.12. The summed E-state index contributed by atoms with van der Waals surface area (Å²) in [5, 5.41) is 21.5. The van der Waals surface area contributed by atoms with Gasteiger partial charge in [0.2, 0.25) is 5.62 Å². The Bertz CT molecular complexity index is 2500. The summed E-state index contributed by atoms with van der Waals surface area (Å²) in [7, 11) is 1.70. The van der Waals surface area contributed by atoms with Gasteiger partial charge in [0.15, 0.2) is 11.6 Å². The van der Waals surface area contributed by atoms with E-state index in [0.717, 1.165) is 9.25 Å². The number of nitrogens with zero attached hydrogens (tertiary/aromatic N) is 9. The van der Waals surface area contributed by atoms with Crippen LogP contribution in [0, 0.1) is 28.8 Å². The highest BCUT2D eigenvalue weighted by atomic mass is 35.5. The summed E-state index contributed by atoms with van der Waals surface area (Å²) < 4.78 is 46.5. The number of aromatic nitrogens is 8. The number of allylic oxidation sites excluding steroid dienone is 1. The van der Waals surface area contributed by atoms with Gasteiger partial charge in [-0.25, -0.2) is 32.3 Å². The Kier molecular flexibility index (Phi) is 8.44. The number of nitrogens with one attached hydrogen (secondary N) is 1. The number of rotatable bonds is 7. The van der Waals surface area contributed by atoms with E-state index in [-0.39, 0.29) is 22.0 Å². The molecule has 3 heterocycles. The van der Waals surface area contributed by atoms with Crippen molar-refractivity contribution in [2.45, 2.75) is 13.1 Å². The molecule has 1 N–H and O–H groups in total. The van der Waals surface area contributed by atoms with Crippen molar-refractivity contribution in [2.24, 2.45) is 12.0 Å². The van der Waals surface area contributed by atoms with Gasteiger partial charge in [0.25, 0.3) is 5.91 Å². The van der Waals surface area contributed by atoms with E-state index >= 15 is 0 Å². The lowest BCUT2D eigenvalue weighted by Gasteiger charge is -2.12. The van der Waals surface area contributed by atoms with Crippen LogP contribution in [0.4, 0.5) is 18.9 Å².